The van der Waals surface area contributed by atoms with Crippen molar-refractivity contribution in [2.75, 3.05) is 5.43 Å². The molecular weight excluding hydrogens is 304 g/mol. The summed E-state index contributed by atoms with van der Waals surface area (Å²) in [6.45, 7) is 0. The van der Waals surface area contributed by atoms with E-state index in [1.165, 1.54) is 25.0 Å². The normalized spacial score (nSPS) is 14.8. The van der Waals surface area contributed by atoms with E-state index < -0.39 is 5.97 Å². The number of hydrazone groups is 1. The first-order valence-corrected chi connectivity index (χ1v) is 8.10. The summed E-state index contributed by atoms with van der Waals surface area (Å²) in [7, 11) is 0. The van der Waals surface area contributed by atoms with E-state index in [-0.39, 0.29) is 5.56 Å². The van der Waals surface area contributed by atoms with Crippen molar-refractivity contribution in [1.29, 1.82) is 0 Å². The van der Waals surface area contributed by atoms with Crippen LogP contribution in [0.5, 0.6) is 5.75 Å². The molecule has 0 bridgehead atoms. The molecule has 2 aromatic rings. The number of carbonyl (C=O) groups is 1. The van der Waals surface area contributed by atoms with Crippen molar-refractivity contribution in [3.63, 3.8) is 0 Å². The van der Waals surface area contributed by atoms with Crippen LogP contribution >= 0.6 is 0 Å². The molecule has 1 aliphatic rings. The van der Waals surface area contributed by atoms with Crippen LogP contribution in [0.25, 0.3) is 0 Å². The van der Waals surface area contributed by atoms with Gasteiger partial charge in [0.25, 0.3) is 0 Å². The molecular formula is C19H20N2O3. The van der Waals surface area contributed by atoms with Crippen molar-refractivity contribution < 1.29 is 14.6 Å². The highest BCUT2D eigenvalue weighted by Crippen LogP contribution is 2.24. The zero-order valence-corrected chi connectivity index (χ0v) is 13.3. The van der Waals surface area contributed by atoms with E-state index in [9.17, 15) is 4.79 Å². The Kier molecular flexibility index (Phi) is 5.11. The van der Waals surface area contributed by atoms with Crippen molar-refractivity contribution in [3.8, 4) is 5.75 Å². The van der Waals surface area contributed by atoms with Gasteiger partial charge in [-0.3, -0.25) is 5.43 Å². The highest BCUT2D eigenvalue weighted by atomic mass is 16.5. The van der Waals surface area contributed by atoms with Crippen molar-refractivity contribution in [3.05, 3.63) is 59.7 Å². The fourth-order valence-electron chi connectivity index (χ4n) is 2.70. The molecule has 1 fully saturated rings. The smallest absolute Gasteiger partial charge is 0.335 e. The van der Waals surface area contributed by atoms with Gasteiger partial charge in [-0.1, -0.05) is 0 Å². The van der Waals surface area contributed by atoms with Crippen LogP contribution in [0.2, 0.25) is 0 Å². The molecule has 0 spiro atoms. The number of carboxylic acids is 1. The Morgan fingerprint density at radius 3 is 2.38 bits per heavy atom. The molecule has 2 aromatic carbocycles. The molecule has 0 radical (unpaired) electrons. The summed E-state index contributed by atoms with van der Waals surface area (Å²) in [5, 5.41) is 13.0. The van der Waals surface area contributed by atoms with E-state index in [4.69, 9.17) is 9.84 Å². The molecule has 1 saturated carbocycles. The van der Waals surface area contributed by atoms with Gasteiger partial charge in [-0.25, -0.2) is 4.79 Å². The molecule has 0 aliphatic heterocycles. The standard InChI is InChI=1S/C19H20N2O3/c22-19(23)15-7-9-16(10-8-15)21-20-13-14-5-11-18(12-6-14)24-17-3-1-2-4-17/h5-13,17,21H,1-4H2,(H,22,23). The predicted octanol–water partition coefficient (Wildman–Crippen LogP) is 4.15. The van der Waals surface area contributed by atoms with Gasteiger partial charge >= 0.3 is 5.97 Å². The molecule has 0 unspecified atom stereocenters. The van der Waals surface area contributed by atoms with Crippen LogP contribution in [0.1, 0.15) is 41.6 Å². The molecule has 5 nitrogen and oxygen atoms in total. The van der Waals surface area contributed by atoms with Gasteiger partial charge in [0.1, 0.15) is 5.75 Å². The average Bonchev–Trinajstić information content (AvgIpc) is 3.10. The Balaban J connectivity index is 1.53. The van der Waals surface area contributed by atoms with E-state index in [0.29, 0.717) is 6.10 Å². The number of nitrogens with one attached hydrogen (secondary N) is 1. The molecule has 3 rings (SSSR count). The van der Waals surface area contributed by atoms with Crippen molar-refractivity contribution >= 4 is 17.9 Å². The fourth-order valence-corrected chi connectivity index (χ4v) is 2.70. The molecule has 124 valence electrons. The maximum Gasteiger partial charge on any atom is 0.335 e. The Hall–Kier alpha value is -2.82. The summed E-state index contributed by atoms with van der Waals surface area (Å²) in [6.07, 6.45) is 6.88. The average molecular weight is 324 g/mol. The molecule has 5 heteroatoms. The van der Waals surface area contributed by atoms with Crippen LogP contribution in [-0.2, 0) is 0 Å². The van der Waals surface area contributed by atoms with Crippen LogP contribution in [0.15, 0.2) is 53.6 Å². The number of ether oxygens (including phenoxy) is 1. The van der Waals surface area contributed by atoms with Gasteiger partial charge in [0.2, 0.25) is 0 Å². The van der Waals surface area contributed by atoms with Crippen LogP contribution in [0.4, 0.5) is 5.69 Å². The topological polar surface area (TPSA) is 70.9 Å². The molecule has 0 saturated heterocycles. The minimum Gasteiger partial charge on any atom is -0.490 e. The summed E-state index contributed by atoms with van der Waals surface area (Å²) in [5.41, 5.74) is 4.83. The number of carboxylic acid groups (broad SMARTS) is 1. The van der Waals surface area contributed by atoms with Gasteiger partial charge in [-0.05, 0) is 79.8 Å². The zero-order chi connectivity index (χ0) is 16.8. The monoisotopic (exact) mass is 324 g/mol. The molecule has 0 amide bonds. The third-order valence-electron chi connectivity index (χ3n) is 4.02. The lowest BCUT2D eigenvalue weighted by atomic mass is 10.2. The predicted molar refractivity (Wildman–Crippen MR) is 93.9 cm³/mol. The first-order chi connectivity index (χ1) is 11.7. The van der Waals surface area contributed by atoms with Gasteiger partial charge in [0.15, 0.2) is 0 Å². The molecule has 24 heavy (non-hydrogen) atoms. The third kappa shape index (κ3) is 4.35. The number of rotatable bonds is 6. The van der Waals surface area contributed by atoms with Crippen LogP contribution in [0, 0.1) is 0 Å². The SMILES string of the molecule is O=C(O)c1ccc(NN=Cc2ccc(OC3CCCC3)cc2)cc1. The minimum atomic E-state index is -0.940. The number of aromatic carboxylic acids is 1. The molecule has 1 aliphatic carbocycles. The van der Waals surface area contributed by atoms with Gasteiger partial charge in [-0.2, -0.15) is 5.10 Å². The Morgan fingerprint density at radius 2 is 1.75 bits per heavy atom. The highest BCUT2D eigenvalue weighted by molar-refractivity contribution is 5.88. The lowest BCUT2D eigenvalue weighted by molar-refractivity contribution is 0.0697. The second-order valence-corrected chi connectivity index (χ2v) is 5.85. The van der Waals surface area contributed by atoms with E-state index in [2.05, 4.69) is 10.5 Å². The van der Waals surface area contributed by atoms with Gasteiger partial charge in [0.05, 0.1) is 23.6 Å². The Labute approximate surface area is 141 Å². The minimum absolute atomic E-state index is 0.252. The number of benzene rings is 2. The summed E-state index contributed by atoms with van der Waals surface area (Å²) < 4.78 is 5.93. The molecule has 0 aromatic heterocycles. The van der Waals surface area contributed by atoms with Gasteiger partial charge in [-0.15, -0.1) is 0 Å². The maximum absolute atomic E-state index is 10.8. The number of anilines is 1. The molecule has 0 heterocycles. The number of hydrogen-bond acceptors (Lipinski definition) is 4. The Morgan fingerprint density at radius 1 is 1.08 bits per heavy atom. The van der Waals surface area contributed by atoms with Crippen molar-refractivity contribution in [2.24, 2.45) is 5.10 Å². The van der Waals surface area contributed by atoms with Crippen molar-refractivity contribution in [2.45, 2.75) is 31.8 Å². The largest absolute Gasteiger partial charge is 0.490 e. The first-order valence-electron chi connectivity index (χ1n) is 8.10. The molecule has 2 N–H and O–H groups in total. The van der Waals surface area contributed by atoms with Crippen LogP contribution in [-0.4, -0.2) is 23.4 Å². The van der Waals surface area contributed by atoms with Gasteiger partial charge in [0, 0.05) is 0 Å². The van der Waals surface area contributed by atoms with Gasteiger partial charge < -0.3 is 9.84 Å². The summed E-state index contributed by atoms with van der Waals surface area (Å²) in [6, 6.07) is 14.3. The quantitative estimate of drug-likeness (QED) is 0.618. The zero-order valence-electron chi connectivity index (χ0n) is 13.3. The number of nitrogens with zero attached hydrogens (tertiary/aromatic N) is 1. The summed E-state index contributed by atoms with van der Waals surface area (Å²) in [5.74, 6) is -0.0405. The highest BCUT2D eigenvalue weighted by Gasteiger charge is 2.16. The molecule has 0 atom stereocenters. The fraction of sp³-hybridized carbons (Fsp3) is 0.263. The first kappa shape index (κ1) is 16.1. The van der Waals surface area contributed by atoms with E-state index in [0.717, 1.165) is 29.8 Å². The van der Waals surface area contributed by atoms with Crippen LogP contribution in [0.3, 0.4) is 0 Å². The van der Waals surface area contributed by atoms with Crippen LogP contribution < -0.4 is 10.2 Å². The lowest BCUT2D eigenvalue weighted by Gasteiger charge is -2.12. The number of hydrogen-bond donors (Lipinski definition) is 2. The second-order valence-electron chi connectivity index (χ2n) is 5.85. The Bertz CT molecular complexity index is 702. The summed E-state index contributed by atoms with van der Waals surface area (Å²) >= 11 is 0. The van der Waals surface area contributed by atoms with E-state index in [1.54, 1.807) is 18.3 Å². The maximum atomic E-state index is 10.8. The summed E-state index contributed by atoms with van der Waals surface area (Å²) in [4.78, 5) is 10.8. The van der Waals surface area contributed by atoms with Crippen molar-refractivity contribution in [1.82, 2.24) is 0 Å². The second kappa shape index (κ2) is 7.64. The van der Waals surface area contributed by atoms with E-state index >= 15 is 0 Å². The lowest BCUT2D eigenvalue weighted by Crippen LogP contribution is -2.10. The van der Waals surface area contributed by atoms with E-state index in [1.807, 2.05) is 24.3 Å². The third-order valence-corrected chi connectivity index (χ3v) is 4.02.